The highest BCUT2D eigenvalue weighted by molar-refractivity contribution is 9.11. The first-order chi connectivity index (χ1) is 7.00. The van der Waals surface area contributed by atoms with E-state index in [0.29, 0.717) is 10.0 Å². The van der Waals surface area contributed by atoms with E-state index < -0.39 is 0 Å². The van der Waals surface area contributed by atoms with Gasteiger partial charge in [-0.15, -0.1) is 0 Å². The summed E-state index contributed by atoms with van der Waals surface area (Å²) in [4.78, 5) is 0. The van der Waals surface area contributed by atoms with Gasteiger partial charge in [0.05, 0.1) is 10.7 Å². The molecule has 0 bridgehead atoms. The summed E-state index contributed by atoms with van der Waals surface area (Å²) in [5, 5.41) is 13.4. The van der Waals surface area contributed by atoms with Crippen molar-refractivity contribution in [3.05, 3.63) is 26.6 Å². The summed E-state index contributed by atoms with van der Waals surface area (Å²) in [7, 11) is 0. The van der Waals surface area contributed by atoms with Crippen molar-refractivity contribution in [1.82, 2.24) is 5.43 Å². The number of hydrogen-bond donors (Lipinski definition) is 3. The summed E-state index contributed by atoms with van der Waals surface area (Å²) >= 11 is 11.1. The number of halogens is 2. The van der Waals surface area contributed by atoms with E-state index in [2.05, 4.69) is 54.6 Å². The molecule has 1 aromatic carbocycles. The molecule has 0 fully saturated rings. The number of nitrogens with two attached hydrogens (primary N) is 1. The molecule has 0 atom stereocenters. The summed E-state index contributed by atoms with van der Waals surface area (Å²) in [5.74, 6) is 0.103. The van der Waals surface area contributed by atoms with Crippen LogP contribution in [0.15, 0.2) is 26.2 Å². The van der Waals surface area contributed by atoms with Crippen LogP contribution in [-0.2, 0) is 0 Å². The number of rotatable bonds is 2. The standard InChI is InChI=1S/C8H7Br2N3OS/c9-5-1-4(3-12-13-8(11)15)7(14)6(10)2-5/h1-3,14H,(H3,11,13,15)/b12-3-. The number of phenols is 1. The fraction of sp³-hybridized carbons (Fsp3) is 0. The normalized spacial score (nSPS) is 10.5. The van der Waals surface area contributed by atoms with E-state index in [-0.39, 0.29) is 10.9 Å². The minimum Gasteiger partial charge on any atom is -0.506 e. The number of benzene rings is 1. The first kappa shape index (κ1) is 12.4. The summed E-state index contributed by atoms with van der Waals surface area (Å²) in [5.41, 5.74) is 8.12. The lowest BCUT2D eigenvalue weighted by Crippen LogP contribution is -2.23. The Bertz CT molecular complexity index is 423. The smallest absolute Gasteiger partial charge is 0.184 e. The van der Waals surface area contributed by atoms with Gasteiger partial charge >= 0.3 is 0 Å². The molecule has 0 aliphatic carbocycles. The number of phenolic OH excluding ortho intramolecular Hbond substituents is 1. The van der Waals surface area contributed by atoms with Crippen LogP contribution in [0.25, 0.3) is 0 Å². The molecule has 7 heteroatoms. The topological polar surface area (TPSA) is 70.6 Å². The largest absolute Gasteiger partial charge is 0.506 e. The number of nitrogens with zero attached hydrogens (tertiary/aromatic N) is 1. The average molecular weight is 353 g/mol. The first-order valence-electron chi connectivity index (χ1n) is 3.77. The molecule has 1 aromatic rings. The highest BCUT2D eigenvalue weighted by Crippen LogP contribution is 2.30. The molecular weight excluding hydrogens is 346 g/mol. The molecule has 80 valence electrons. The zero-order valence-corrected chi connectivity index (χ0v) is 11.4. The van der Waals surface area contributed by atoms with Gasteiger partial charge in [-0.3, -0.25) is 5.43 Å². The van der Waals surface area contributed by atoms with Gasteiger partial charge in [0.1, 0.15) is 5.75 Å². The zero-order valence-electron chi connectivity index (χ0n) is 7.37. The van der Waals surface area contributed by atoms with E-state index in [4.69, 9.17) is 5.73 Å². The first-order valence-corrected chi connectivity index (χ1v) is 5.76. The van der Waals surface area contributed by atoms with Gasteiger partial charge in [-0.2, -0.15) is 5.10 Å². The van der Waals surface area contributed by atoms with Crippen LogP contribution < -0.4 is 11.2 Å². The van der Waals surface area contributed by atoms with Gasteiger partial charge in [-0.1, -0.05) is 15.9 Å². The zero-order chi connectivity index (χ0) is 11.4. The minimum absolute atomic E-state index is 0.0693. The molecule has 1 rings (SSSR count). The van der Waals surface area contributed by atoms with Crippen LogP contribution in [0.3, 0.4) is 0 Å². The lowest BCUT2D eigenvalue weighted by molar-refractivity contribution is 0.471. The van der Waals surface area contributed by atoms with Crippen molar-refractivity contribution in [2.24, 2.45) is 10.8 Å². The van der Waals surface area contributed by atoms with Gasteiger partial charge in [0.25, 0.3) is 0 Å². The van der Waals surface area contributed by atoms with Crippen molar-refractivity contribution in [1.29, 1.82) is 0 Å². The lowest BCUT2D eigenvalue weighted by atomic mass is 10.2. The van der Waals surface area contributed by atoms with E-state index in [0.717, 1.165) is 4.47 Å². The molecule has 0 saturated carbocycles. The second kappa shape index (κ2) is 5.43. The van der Waals surface area contributed by atoms with Gasteiger partial charge in [0.15, 0.2) is 5.11 Å². The van der Waals surface area contributed by atoms with Crippen LogP contribution in [0.2, 0.25) is 0 Å². The van der Waals surface area contributed by atoms with Crippen molar-refractivity contribution in [2.75, 3.05) is 0 Å². The Balaban J connectivity index is 2.94. The van der Waals surface area contributed by atoms with E-state index in [1.54, 1.807) is 12.1 Å². The molecule has 0 saturated heterocycles. The predicted octanol–water partition coefficient (Wildman–Crippen LogP) is 2.08. The summed E-state index contributed by atoms with van der Waals surface area (Å²) in [6.07, 6.45) is 1.42. The van der Waals surface area contributed by atoms with Crippen LogP contribution in [0.5, 0.6) is 5.75 Å². The number of thiocarbonyl (C=S) groups is 1. The quantitative estimate of drug-likeness (QED) is 0.433. The molecule has 15 heavy (non-hydrogen) atoms. The third kappa shape index (κ3) is 3.77. The maximum Gasteiger partial charge on any atom is 0.184 e. The Kier molecular flexibility index (Phi) is 4.49. The highest BCUT2D eigenvalue weighted by Gasteiger charge is 2.04. The third-order valence-corrected chi connectivity index (χ3v) is 2.59. The number of hydrazone groups is 1. The van der Waals surface area contributed by atoms with Gasteiger partial charge in [-0.25, -0.2) is 0 Å². The Morgan fingerprint density at radius 2 is 2.20 bits per heavy atom. The minimum atomic E-state index is 0.0693. The molecule has 0 spiro atoms. The monoisotopic (exact) mass is 351 g/mol. The summed E-state index contributed by atoms with van der Waals surface area (Å²) in [6, 6.07) is 3.44. The third-order valence-electron chi connectivity index (χ3n) is 1.44. The van der Waals surface area contributed by atoms with E-state index >= 15 is 0 Å². The molecule has 0 radical (unpaired) electrons. The van der Waals surface area contributed by atoms with Gasteiger partial charge in [-0.05, 0) is 40.3 Å². The van der Waals surface area contributed by atoms with Gasteiger partial charge in [0, 0.05) is 10.0 Å². The van der Waals surface area contributed by atoms with Gasteiger partial charge < -0.3 is 10.8 Å². The molecule has 4 N–H and O–H groups in total. The van der Waals surface area contributed by atoms with Crippen molar-refractivity contribution in [2.45, 2.75) is 0 Å². The lowest BCUT2D eigenvalue weighted by Gasteiger charge is -2.02. The molecule has 0 aliphatic rings. The fourth-order valence-electron chi connectivity index (χ4n) is 0.850. The Morgan fingerprint density at radius 3 is 2.80 bits per heavy atom. The number of nitrogens with one attached hydrogen (secondary N) is 1. The van der Waals surface area contributed by atoms with Crippen molar-refractivity contribution in [3.63, 3.8) is 0 Å². The molecule has 0 amide bonds. The van der Waals surface area contributed by atoms with E-state index in [9.17, 15) is 5.11 Å². The Morgan fingerprint density at radius 1 is 1.53 bits per heavy atom. The number of aromatic hydroxyl groups is 1. The summed E-state index contributed by atoms with van der Waals surface area (Å²) in [6.45, 7) is 0. The van der Waals surface area contributed by atoms with Crippen LogP contribution in [0.1, 0.15) is 5.56 Å². The van der Waals surface area contributed by atoms with Crippen LogP contribution >= 0.6 is 44.1 Å². The predicted molar refractivity (Wildman–Crippen MR) is 71.0 cm³/mol. The Hall–Kier alpha value is -0.660. The molecule has 0 aliphatic heterocycles. The van der Waals surface area contributed by atoms with Crippen LogP contribution in [0, 0.1) is 0 Å². The fourth-order valence-corrected chi connectivity index (χ4v) is 2.16. The van der Waals surface area contributed by atoms with E-state index in [1.165, 1.54) is 6.21 Å². The van der Waals surface area contributed by atoms with Gasteiger partial charge in [0.2, 0.25) is 0 Å². The summed E-state index contributed by atoms with van der Waals surface area (Å²) < 4.78 is 1.40. The Labute approximate surface area is 109 Å². The second-order valence-corrected chi connectivity index (χ2v) is 4.77. The van der Waals surface area contributed by atoms with Crippen molar-refractivity contribution >= 4 is 55.4 Å². The maximum atomic E-state index is 9.64. The molecular formula is C8H7Br2N3OS. The molecule has 0 heterocycles. The van der Waals surface area contributed by atoms with E-state index in [1.807, 2.05) is 0 Å². The average Bonchev–Trinajstić information content (AvgIpc) is 2.12. The maximum absolute atomic E-state index is 9.64. The number of hydrogen-bond acceptors (Lipinski definition) is 3. The highest BCUT2D eigenvalue weighted by atomic mass is 79.9. The molecule has 0 unspecified atom stereocenters. The van der Waals surface area contributed by atoms with Crippen LogP contribution in [-0.4, -0.2) is 16.4 Å². The van der Waals surface area contributed by atoms with Crippen molar-refractivity contribution in [3.8, 4) is 5.75 Å². The SMILES string of the molecule is NC(=S)N/N=C\c1cc(Br)cc(Br)c1O. The van der Waals surface area contributed by atoms with Crippen LogP contribution in [0.4, 0.5) is 0 Å². The second-order valence-electron chi connectivity index (χ2n) is 2.56. The molecule has 0 aromatic heterocycles. The van der Waals surface area contributed by atoms with Crippen molar-refractivity contribution < 1.29 is 5.11 Å². The molecule has 4 nitrogen and oxygen atoms in total.